The molecule has 1 aromatic rings. The fourth-order valence-corrected chi connectivity index (χ4v) is 4.57. The van der Waals surface area contributed by atoms with Gasteiger partial charge in [-0.15, -0.1) is 0 Å². The van der Waals surface area contributed by atoms with E-state index in [2.05, 4.69) is 4.90 Å². The normalized spacial score (nSPS) is 29.8. The van der Waals surface area contributed by atoms with Crippen molar-refractivity contribution in [3.63, 3.8) is 0 Å². The van der Waals surface area contributed by atoms with Gasteiger partial charge in [0.1, 0.15) is 0 Å². The zero-order chi connectivity index (χ0) is 18.0. The molecule has 0 unspecified atom stereocenters. The summed E-state index contributed by atoms with van der Waals surface area (Å²) in [6.07, 6.45) is 4.96. The van der Waals surface area contributed by atoms with E-state index in [0.717, 1.165) is 44.2 Å². The first-order valence-corrected chi connectivity index (χ1v) is 9.06. The molecule has 1 aliphatic heterocycles. The minimum absolute atomic E-state index is 0.00657. The van der Waals surface area contributed by atoms with E-state index < -0.39 is 5.60 Å². The average Bonchev–Trinajstić information content (AvgIpc) is 2.59. The minimum Gasteiger partial charge on any atom is -0.504 e. The molecule has 2 fully saturated rings. The highest BCUT2D eigenvalue weighted by molar-refractivity contribution is 5.73. The lowest BCUT2D eigenvalue weighted by Gasteiger charge is -2.52. The van der Waals surface area contributed by atoms with Crippen molar-refractivity contribution in [1.29, 1.82) is 0 Å². The summed E-state index contributed by atoms with van der Waals surface area (Å²) < 4.78 is 5.27. The molecule has 1 aliphatic carbocycles. The molecule has 6 nitrogen and oxygen atoms in total. The molecule has 4 N–H and O–H groups in total. The summed E-state index contributed by atoms with van der Waals surface area (Å²) in [5, 5.41) is 21.1. The summed E-state index contributed by atoms with van der Waals surface area (Å²) in [7, 11) is 1.53. The molecule has 1 heterocycles. The zero-order valence-corrected chi connectivity index (χ0v) is 14.8. The third kappa shape index (κ3) is 3.60. The van der Waals surface area contributed by atoms with E-state index in [1.54, 1.807) is 6.07 Å². The van der Waals surface area contributed by atoms with E-state index in [0.29, 0.717) is 18.7 Å². The van der Waals surface area contributed by atoms with Crippen LogP contribution in [0.25, 0.3) is 0 Å². The number of aromatic hydroxyl groups is 1. The van der Waals surface area contributed by atoms with Gasteiger partial charge in [-0.05, 0) is 37.0 Å². The fourth-order valence-electron chi connectivity index (χ4n) is 4.57. The molecule has 3 rings (SSSR count). The molecular weight excluding hydrogens is 320 g/mol. The van der Waals surface area contributed by atoms with Gasteiger partial charge >= 0.3 is 0 Å². The molecular formula is C19H28N2O4. The number of likely N-dealkylation sites (tertiary alicyclic amines) is 1. The Labute approximate surface area is 148 Å². The third-order valence-corrected chi connectivity index (χ3v) is 5.86. The number of rotatable bonds is 5. The number of benzene rings is 1. The Balaban J connectivity index is 1.96. The van der Waals surface area contributed by atoms with Crippen LogP contribution in [-0.4, -0.2) is 46.8 Å². The quantitative estimate of drug-likeness (QED) is 0.756. The second kappa shape index (κ2) is 7.22. The Kier molecular flexibility index (Phi) is 5.20. The minimum atomic E-state index is -0.655. The first-order valence-electron chi connectivity index (χ1n) is 9.06. The van der Waals surface area contributed by atoms with Crippen molar-refractivity contribution in [2.24, 2.45) is 11.7 Å². The number of phenolic OH excluding ortho intramolecular Hbond substituents is 1. The Hall–Kier alpha value is -1.79. The van der Waals surface area contributed by atoms with E-state index in [1.807, 2.05) is 12.1 Å². The Morgan fingerprint density at radius 2 is 2.20 bits per heavy atom. The summed E-state index contributed by atoms with van der Waals surface area (Å²) in [5.74, 6) is 0.325. The van der Waals surface area contributed by atoms with Crippen molar-refractivity contribution in [1.82, 2.24) is 4.90 Å². The van der Waals surface area contributed by atoms with Crippen molar-refractivity contribution >= 4 is 5.91 Å². The molecule has 0 radical (unpaired) electrons. The standard InChI is InChI=1S/C19H28N2O4/c1-25-16-12-13(5-6-15(16)22)18-14-4-2-3-8-19(14,24)9-11-21(18)10-7-17(20)23/h5-6,12,14,18,22,24H,2-4,7-11H2,1H3,(H2,20,23)/t14-,18+,19+/m0/s1. The van der Waals surface area contributed by atoms with Crippen LogP contribution in [-0.2, 0) is 4.79 Å². The van der Waals surface area contributed by atoms with Gasteiger partial charge in [0, 0.05) is 31.5 Å². The van der Waals surface area contributed by atoms with E-state index in [9.17, 15) is 15.0 Å². The number of carbonyl (C=O) groups is 1. The molecule has 0 spiro atoms. The van der Waals surface area contributed by atoms with E-state index in [1.165, 1.54) is 7.11 Å². The Morgan fingerprint density at radius 1 is 1.40 bits per heavy atom. The van der Waals surface area contributed by atoms with Crippen LogP contribution in [0.2, 0.25) is 0 Å². The predicted molar refractivity (Wildman–Crippen MR) is 94.3 cm³/mol. The summed E-state index contributed by atoms with van der Waals surface area (Å²) in [4.78, 5) is 13.5. The molecule has 1 saturated carbocycles. The molecule has 0 aromatic heterocycles. The van der Waals surface area contributed by atoms with Crippen molar-refractivity contribution in [2.45, 2.75) is 50.2 Å². The molecule has 6 heteroatoms. The lowest BCUT2D eigenvalue weighted by molar-refractivity contribution is -0.128. The van der Waals surface area contributed by atoms with Crippen LogP contribution >= 0.6 is 0 Å². The highest BCUT2D eigenvalue weighted by Crippen LogP contribution is 2.50. The number of piperidine rings is 1. The van der Waals surface area contributed by atoms with Crippen molar-refractivity contribution in [3.05, 3.63) is 23.8 Å². The lowest BCUT2D eigenvalue weighted by atomic mass is 9.66. The van der Waals surface area contributed by atoms with Gasteiger partial charge in [0.15, 0.2) is 11.5 Å². The van der Waals surface area contributed by atoms with E-state index in [-0.39, 0.29) is 23.6 Å². The number of fused-ring (bicyclic) bond motifs is 1. The highest BCUT2D eigenvalue weighted by atomic mass is 16.5. The first kappa shape index (κ1) is 18.0. The first-order chi connectivity index (χ1) is 11.9. The molecule has 2 aliphatic rings. The summed E-state index contributed by atoms with van der Waals surface area (Å²) in [6, 6.07) is 5.36. The number of methoxy groups -OCH3 is 1. The van der Waals surface area contributed by atoms with Crippen LogP contribution in [0.4, 0.5) is 0 Å². The second-order valence-corrected chi connectivity index (χ2v) is 7.33. The van der Waals surface area contributed by atoms with Gasteiger partial charge < -0.3 is 20.7 Å². The maximum atomic E-state index is 11.3. The van der Waals surface area contributed by atoms with Gasteiger partial charge in [0.05, 0.1) is 12.7 Å². The van der Waals surface area contributed by atoms with Crippen LogP contribution in [0.15, 0.2) is 18.2 Å². The number of carbonyl (C=O) groups excluding carboxylic acids is 1. The molecule has 0 bridgehead atoms. The van der Waals surface area contributed by atoms with Gasteiger partial charge in [-0.3, -0.25) is 9.69 Å². The van der Waals surface area contributed by atoms with Gasteiger partial charge in [0.25, 0.3) is 0 Å². The molecule has 1 saturated heterocycles. The van der Waals surface area contributed by atoms with E-state index in [4.69, 9.17) is 10.5 Å². The Bertz CT molecular complexity index is 636. The van der Waals surface area contributed by atoms with Crippen molar-refractivity contribution in [3.8, 4) is 11.5 Å². The SMILES string of the molecule is COc1cc([C@@H]2[C@@H]3CCCC[C@@]3(O)CCN2CCC(N)=O)ccc1O. The number of hydrogen-bond donors (Lipinski definition) is 3. The molecule has 1 amide bonds. The maximum absolute atomic E-state index is 11.3. The number of aliphatic hydroxyl groups is 1. The number of nitrogens with two attached hydrogens (primary N) is 1. The third-order valence-electron chi connectivity index (χ3n) is 5.86. The topological polar surface area (TPSA) is 96.0 Å². The monoisotopic (exact) mass is 348 g/mol. The second-order valence-electron chi connectivity index (χ2n) is 7.33. The summed E-state index contributed by atoms with van der Waals surface area (Å²) in [6.45, 7) is 1.31. The van der Waals surface area contributed by atoms with Crippen molar-refractivity contribution < 1.29 is 19.7 Å². The van der Waals surface area contributed by atoms with Gasteiger partial charge in [-0.1, -0.05) is 18.9 Å². The summed E-state index contributed by atoms with van der Waals surface area (Å²) in [5.41, 5.74) is 5.70. The largest absolute Gasteiger partial charge is 0.504 e. The number of hydrogen-bond acceptors (Lipinski definition) is 5. The zero-order valence-electron chi connectivity index (χ0n) is 14.8. The van der Waals surface area contributed by atoms with Crippen LogP contribution in [0.1, 0.15) is 50.1 Å². The maximum Gasteiger partial charge on any atom is 0.218 e. The van der Waals surface area contributed by atoms with Crippen molar-refractivity contribution in [2.75, 3.05) is 20.2 Å². The van der Waals surface area contributed by atoms with Crippen LogP contribution in [0, 0.1) is 5.92 Å². The smallest absolute Gasteiger partial charge is 0.218 e. The van der Waals surface area contributed by atoms with E-state index >= 15 is 0 Å². The number of nitrogens with zero attached hydrogens (tertiary/aromatic N) is 1. The van der Waals surface area contributed by atoms with Gasteiger partial charge in [0.2, 0.25) is 5.91 Å². The summed E-state index contributed by atoms with van der Waals surface area (Å²) >= 11 is 0. The number of phenols is 1. The number of primary amides is 1. The number of ether oxygens (including phenoxy) is 1. The Morgan fingerprint density at radius 3 is 2.92 bits per heavy atom. The average molecular weight is 348 g/mol. The van der Waals surface area contributed by atoms with Crippen LogP contribution < -0.4 is 10.5 Å². The molecule has 3 atom stereocenters. The lowest BCUT2D eigenvalue weighted by Crippen LogP contribution is -2.55. The number of amides is 1. The highest BCUT2D eigenvalue weighted by Gasteiger charge is 2.48. The van der Waals surface area contributed by atoms with Crippen LogP contribution in [0.3, 0.4) is 0 Å². The molecule has 25 heavy (non-hydrogen) atoms. The fraction of sp³-hybridized carbons (Fsp3) is 0.632. The predicted octanol–water partition coefficient (Wildman–Crippen LogP) is 1.94. The van der Waals surface area contributed by atoms with Crippen LogP contribution in [0.5, 0.6) is 11.5 Å². The molecule has 1 aromatic carbocycles. The molecule has 138 valence electrons. The van der Waals surface area contributed by atoms with Gasteiger partial charge in [-0.25, -0.2) is 0 Å². The van der Waals surface area contributed by atoms with Gasteiger partial charge in [-0.2, -0.15) is 0 Å².